The number of anilines is 2. The minimum absolute atomic E-state index is 0.110. The highest BCUT2D eigenvalue weighted by Gasteiger charge is 2.20. The molecule has 1 aromatic heterocycles. The number of nitrogens with one attached hydrogen (secondary N) is 2. The van der Waals surface area contributed by atoms with Gasteiger partial charge in [-0.25, -0.2) is 0 Å². The maximum atomic E-state index is 12.0. The molecule has 5 nitrogen and oxygen atoms in total. The third-order valence-electron chi connectivity index (χ3n) is 3.12. The van der Waals surface area contributed by atoms with Gasteiger partial charge >= 0.3 is 0 Å². The standard InChI is InChI=1S/C16H21N3O2/c1-16(2,3)13-10-14(19-21-13)18-15(20)9-11-5-7-12(17-4)8-6-11/h5-8,10,17H,9H2,1-4H3,(H,18,19,20). The van der Waals surface area contributed by atoms with Crippen molar-refractivity contribution in [1.82, 2.24) is 5.16 Å². The van der Waals surface area contributed by atoms with Gasteiger partial charge in [-0.1, -0.05) is 38.1 Å². The molecule has 0 saturated heterocycles. The van der Waals surface area contributed by atoms with Gasteiger partial charge in [-0.2, -0.15) is 0 Å². The highest BCUT2D eigenvalue weighted by Crippen LogP contribution is 2.24. The van der Waals surface area contributed by atoms with Gasteiger partial charge in [-0.05, 0) is 17.7 Å². The molecule has 0 bridgehead atoms. The first-order chi connectivity index (χ1) is 9.88. The van der Waals surface area contributed by atoms with E-state index >= 15 is 0 Å². The fourth-order valence-electron chi connectivity index (χ4n) is 1.85. The van der Waals surface area contributed by atoms with E-state index in [2.05, 4.69) is 15.8 Å². The second-order valence-electron chi connectivity index (χ2n) is 6.00. The van der Waals surface area contributed by atoms with Crippen molar-refractivity contribution in [3.8, 4) is 0 Å². The lowest BCUT2D eigenvalue weighted by Crippen LogP contribution is -2.14. The molecular weight excluding hydrogens is 266 g/mol. The highest BCUT2D eigenvalue weighted by molar-refractivity contribution is 5.91. The van der Waals surface area contributed by atoms with E-state index in [1.54, 1.807) is 6.07 Å². The smallest absolute Gasteiger partial charge is 0.230 e. The Kier molecular flexibility index (Phi) is 4.31. The Morgan fingerprint density at radius 1 is 1.24 bits per heavy atom. The summed E-state index contributed by atoms with van der Waals surface area (Å²) >= 11 is 0. The molecule has 0 atom stereocenters. The maximum Gasteiger partial charge on any atom is 0.230 e. The highest BCUT2D eigenvalue weighted by atomic mass is 16.5. The molecule has 2 N–H and O–H groups in total. The van der Waals surface area contributed by atoms with Crippen molar-refractivity contribution in [3.05, 3.63) is 41.7 Å². The Morgan fingerprint density at radius 3 is 2.43 bits per heavy atom. The minimum atomic E-state index is -0.126. The summed E-state index contributed by atoms with van der Waals surface area (Å²) in [6.45, 7) is 6.09. The number of hydrogen-bond donors (Lipinski definition) is 2. The van der Waals surface area contributed by atoms with E-state index in [-0.39, 0.29) is 11.3 Å². The molecule has 1 amide bonds. The molecular formula is C16H21N3O2. The number of benzene rings is 1. The Balaban J connectivity index is 1.96. The molecule has 5 heteroatoms. The fraction of sp³-hybridized carbons (Fsp3) is 0.375. The number of hydrogen-bond acceptors (Lipinski definition) is 4. The Bertz CT molecular complexity index is 609. The van der Waals surface area contributed by atoms with Gasteiger partial charge in [0.05, 0.1) is 6.42 Å². The van der Waals surface area contributed by atoms with Gasteiger partial charge in [0.15, 0.2) is 5.82 Å². The predicted molar refractivity (Wildman–Crippen MR) is 83.5 cm³/mol. The molecule has 1 heterocycles. The van der Waals surface area contributed by atoms with E-state index < -0.39 is 0 Å². The Hall–Kier alpha value is -2.30. The molecule has 0 spiro atoms. The topological polar surface area (TPSA) is 67.2 Å². The zero-order chi connectivity index (χ0) is 15.5. The lowest BCUT2D eigenvalue weighted by molar-refractivity contribution is -0.115. The van der Waals surface area contributed by atoms with E-state index in [9.17, 15) is 4.79 Å². The van der Waals surface area contributed by atoms with Gasteiger partial charge in [0.25, 0.3) is 0 Å². The van der Waals surface area contributed by atoms with Crippen LogP contribution in [0.25, 0.3) is 0 Å². The molecule has 2 aromatic rings. The van der Waals surface area contributed by atoms with Crippen molar-refractivity contribution in [2.45, 2.75) is 32.6 Å². The second kappa shape index (κ2) is 5.99. The van der Waals surface area contributed by atoms with E-state index in [1.807, 2.05) is 52.1 Å². The zero-order valence-corrected chi connectivity index (χ0v) is 12.9. The van der Waals surface area contributed by atoms with E-state index in [1.165, 1.54) is 0 Å². The predicted octanol–water partition coefficient (Wildman–Crippen LogP) is 3.20. The molecule has 0 aliphatic heterocycles. The Morgan fingerprint density at radius 2 is 1.90 bits per heavy atom. The molecule has 0 radical (unpaired) electrons. The molecule has 0 saturated carbocycles. The van der Waals surface area contributed by atoms with Crippen molar-refractivity contribution < 1.29 is 9.32 Å². The van der Waals surface area contributed by atoms with Crippen LogP contribution in [0.3, 0.4) is 0 Å². The number of carbonyl (C=O) groups excluding carboxylic acids is 1. The first-order valence-corrected chi connectivity index (χ1v) is 6.92. The largest absolute Gasteiger partial charge is 0.388 e. The van der Waals surface area contributed by atoms with Crippen LogP contribution in [0.5, 0.6) is 0 Å². The summed E-state index contributed by atoms with van der Waals surface area (Å²) in [4.78, 5) is 12.0. The lowest BCUT2D eigenvalue weighted by atomic mass is 9.93. The van der Waals surface area contributed by atoms with Crippen LogP contribution in [-0.2, 0) is 16.6 Å². The fourth-order valence-corrected chi connectivity index (χ4v) is 1.85. The van der Waals surface area contributed by atoms with Crippen LogP contribution >= 0.6 is 0 Å². The summed E-state index contributed by atoms with van der Waals surface area (Å²) < 4.78 is 5.24. The maximum absolute atomic E-state index is 12.0. The van der Waals surface area contributed by atoms with Crippen LogP contribution in [0.2, 0.25) is 0 Å². The molecule has 0 fully saturated rings. The van der Waals surface area contributed by atoms with Crippen LogP contribution in [0.15, 0.2) is 34.9 Å². The van der Waals surface area contributed by atoms with Crippen molar-refractivity contribution in [2.75, 3.05) is 17.7 Å². The molecule has 2 rings (SSSR count). The number of nitrogens with zero attached hydrogens (tertiary/aromatic N) is 1. The number of amides is 1. The van der Waals surface area contributed by atoms with Crippen LogP contribution in [0.4, 0.5) is 11.5 Å². The first-order valence-electron chi connectivity index (χ1n) is 6.92. The molecule has 21 heavy (non-hydrogen) atoms. The minimum Gasteiger partial charge on any atom is -0.388 e. The van der Waals surface area contributed by atoms with Gasteiger partial charge in [-0.15, -0.1) is 0 Å². The van der Waals surface area contributed by atoms with Crippen molar-refractivity contribution in [2.24, 2.45) is 0 Å². The Labute approximate surface area is 124 Å². The molecule has 1 aromatic carbocycles. The van der Waals surface area contributed by atoms with Crippen LogP contribution in [0, 0.1) is 0 Å². The van der Waals surface area contributed by atoms with Crippen LogP contribution < -0.4 is 10.6 Å². The summed E-state index contributed by atoms with van der Waals surface area (Å²) in [7, 11) is 1.86. The van der Waals surface area contributed by atoms with E-state index in [4.69, 9.17) is 4.52 Å². The van der Waals surface area contributed by atoms with Crippen molar-refractivity contribution in [3.63, 3.8) is 0 Å². The number of aromatic nitrogens is 1. The third-order valence-corrected chi connectivity index (χ3v) is 3.12. The van der Waals surface area contributed by atoms with Gasteiger partial charge in [-0.3, -0.25) is 4.79 Å². The van der Waals surface area contributed by atoms with E-state index in [0.29, 0.717) is 12.2 Å². The van der Waals surface area contributed by atoms with Gasteiger partial charge < -0.3 is 15.2 Å². The molecule has 0 aliphatic rings. The monoisotopic (exact) mass is 287 g/mol. The summed E-state index contributed by atoms with van der Waals surface area (Å²) in [6.07, 6.45) is 0.307. The summed E-state index contributed by atoms with van der Waals surface area (Å²) in [5.41, 5.74) is 1.84. The quantitative estimate of drug-likeness (QED) is 0.906. The van der Waals surface area contributed by atoms with Crippen LogP contribution in [0.1, 0.15) is 32.1 Å². The zero-order valence-electron chi connectivity index (χ0n) is 12.9. The van der Waals surface area contributed by atoms with Crippen LogP contribution in [-0.4, -0.2) is 18.1 Å². The average molecular weight is 287 g/mol. The van der Waals surface area contributed by atoms with Crippen molar-refractivity contribution >= 4 is 17.4 Å². The summed E-state index contributed by atoms with van der Waals surface area (Å²) in [5, 5.41) is 9.67. The van der Waals surface area contributed by atoms with E-state index in [0.717, 1.165) is 17.0 Å². The number of carbonyl (C=O) groups is 1. The summed E-state index contributed by atoms with van der Waals surface area (Å²) in [5.74, 6) is 1.09. The third kappa shape index (κ3) is 4.08. The SMILES string of the molecule is CNc1ccc(CC(=O)Nc2cc(C(C)(C)C)on2)cc1. The van der Waals surface area contributed by atoms with Gasteiger partial charge in [0.2, 0.25) is 5.91 Å². The van der Waals surface area contributed by atoms with Crippen molar-refractivity contribution in [1.29, 1.82) is 0 Å². The summed E-state index contributed by atoms with van der Waals surface area (Å²) in [6, 6.07) is 9.50. The number of rotatable bonds is 4. The molecule has 112 valence electrons. The van der Waals surface area contributed by atoms with Gasteiger partial charge in [0, 0.05) is 24.2 Å². The first kappa shape index (κ1) is 15.1. The second-order valence-corrected chi connectivity index (χ2v) is 6.00. The molecule has 0 aliphatic carbocycles. The molecule has 0 unspecified atom stereocenters. The lowest BCUT2D eigenvalue weighted by Gasteiger charge is -2.12. The average Bonchev–Trinajstić information content (AvgIpc) is 2.88. The van der Waals surface area contributed by atoms with Gasteiger partial charge in [0.1, 0.15) is 5.76 Å². The normalized spacial score (nSPS) is 11.2.